The van der Waals surface area contributed by atoms with Gasteiger partial charge in [0.25, 0.3) is 0 Å². The molecule has 13 heavy (non-hydrogen) atoms. The molecule has 1 aromatic rings. The first-order valence-electron chi connectivity index (χ1n) is 4.06. The van der Waals surface area contributed by atoms with Gasteiger partial charge in [0.1, 0.15) is 5.78 Å². The highest BCUT2D eigenvalue weighted by atomic mass is 32.2. The zero-order chi connectivity index (χ0) is 9.84. The van der Waals surface area contributed by atoms with Crippen LogP contribution in [-0.4, -0.2) is 12.0 Å². The first-order chi connectivity index (χ1) is 6.15. The second-order valence-corrected chi connectivity index (χ2v) is 3.73. The lowest BCUT2D eigenvalue weighted by Crippen LogP contribution is -2.00. The van der Waals surface area contributed by atoms with Gasteiger partial charge in [-0.2, -0.15) is 0 Å². The predicted molar refractivity (Wildman–Crippen MR) is 57.0 cm³/mol. The van der Waals surface area contributed by atoms with E-state index in [9.17, 15) is 4.79 Å². The van der Waals surface area contributed by atoms with Crippen LogP contribution < -0.4 is 5.73 Å². The van der Waals surface area contributed by atoms with Gasteiger partial charge in [-0.05, 0) is 24.8 Å². The van der Waals surface area contributed by atoms with Crippen LogP contribution in [0.4, 0.5) is 5.69 Å². The summed E-state index contributed by atoms with van der Waals surface area (Å²) >= 11 is 1.59. The summed E-state index contributed by atoms with van der Waals surface area (Å²) in [5.41, 5.74) is 7.56. The molecule has 0 radical (unpaired) electrons. The Balaban J connectivity index is 3.05. The van der Waals surface area contributed by atoms with E-state index in [1.807, 2.05) is 24.5 Å². The average molecular weight is 195 g/mol. The highest BCUT2D eigenvalue weighted by Crippen LogP contribution is 2.27. The summed E-state index contributed by atoms with van der Waals surface area (Å²) in [6.45, 7) is 1.59. The second-order valence-electron chi connectivity index (χ2n) is 2.92. The van der Waals surface area contributed by atoms with Gasteiger partial charge in [0.05, 0.1) is 0 Å². The average Bonchev–Trinajstić information content (AvgIpc) is 2.03. The smallest absolute Gasteiger partial charge is 0.134 e. The molecule has 1 aromatic carbocycles. The number of carbonyl (C=O) groups is 1. The number of hydrogen-bond acceptors (Lipinski definition) is 3. The van der Waals surface area contributed by atoms with Crippen LogP contribution in [0.25, 0.3) is 0 Å². The van der Waals surface area contributed by atoms with E-state index in [-0.39, 0.29) is 5.78 Å². The molecule has 0 atom stereocenters. The van der Waals surface area contributed by atoms with Gasteiger partial charge in [-0.15, -0.1) is 11.8 Å². The van der Waals surface area contributed by atoms with Crippen LogP contribution in [0.5, 0.6) is 0 Å². The van der Waals surface area contributed by atoms with Crippen molar-refractivity contribution in [3.05, 3.63) is 23.8 Å². The molecule has 0 aliphatic rings. The van der Waals surface area contributed by atoms with Gasteiger partial charge in [-0.1, -0.05) is 12.1 Å². The Morgan fingerprint density at radius 3 is 2.77 bits per heavy atom. The van der Waals surface area contributed by atoms with Crippen molar-refractivity contribution in [2.45, 2.75) is 18.2 Å². The monoisotopic (exact) mass is 195 g/mol. The fourth-order valence-corrected chi connectivity index (χ4v) is 1.97. The van der Waals surface area contributed by atoms with E-state index in [4.69, 9.17) is 5.73 Å². The summed E-state index contributed by atoms with van der Waals surface area (Å²) < 4.78 is 0. The molecule has 0 saturated heterocycles. The van der Waals surface area contributed by atoms with E-state index in [2.05, 4.69) is 0 Å². The van der Waals surface area contributed by atoms with Crippen molar-refractivity contribution in [1.29, 1.82) is 0 Å². The Morgan fingerprint density at radius 1 is 1.54 bits per heavy atom. The molecule has 0 amide bonds. The molecular formula is C10H13NOS. The van der Waals surface area contributed by atoms with Gasteiger partial charge in [0.15, 0.2) is 0 Å². The van der Waals surface area contributed by atoms with Crippen LogP contribution >= 0.6 is 11.8 Å². The van der Waals surface area contributed by atoms with Crippen molar-refractivity contribution in [3.63, 3.8) is 0 Å². The van der Waals surface area contributed by atoms with Crippen LogP contribution in [0.3, 0.4) is 0 Å². The van der Waals surface area contributed by atoms with Crippen LogP contribution in [0.1, 0.15) is 12.5 Å². The minimum atomic E-state index is 0.168. The topological polar surface area (TPSA) is 43.1 Å². The van der Waals surface area contributed by atoms with Crippen LogP contribution in [0, 0.1) is 0 Å². The summed E-state index contributed by atoms with van der Waals surface area (Å²) in [5.74, 6) is 0.168. The maximum Gasteiger partial charge on any atom is 0.134 e. The molecular weight excluding hydrogens is 182 g/mol. The second kappa shape index (κ2) is 4.33. The van der Waals surface area contributed by atoms with E-state index >= 15 is 0 Å². The molecule has 0 aromatic heterocycles. The zero-order valence-electron chi connectivity index (χ0n) is 7.83. The SMILES string of the molecule is CSc1c(N)cccc1CC(C)=O. The Hall–Kier alpha value is -0.960. The third-order valence-electron chi connectivity index (χ3n) is 1.77. The van der Waals surface area contributed by atoms with Crippen molar-refractivity contribution in [3.8, 4) is 0 Å². The van der Waals surface area contributed by atoms with E-state index in [1.165, 1.54) is 0 Å². The molecule has 0 aliphatic heterocycles. The fourth-order valence-electron chi connectivity index (χ4n) is 1.26. The fraction of sp³-hybridized carbons (Fsp3) is 0.300. The molecule has 2 N–H and O–H groups in total. The number of hydrogen-bond donors (Lipinski definition) is 1. The summed E-state index contributed by atoms with van der Waals surface area (Å²) in [4.78, 5) is 12.0. The molecule has 1 rings (SSSR count). The number of thioether (sulfide) groups is 1. The molecule has 0 bridgehead atoms. The van der Waals surface area contributed by atoms with E-state index in [1.54, 1.807) is 18.7 Å². The number of rotatable bonds is 3. The number of nitrogen functional groups attached to an aromatic ring is 1. The van der Waals surface area contributed by atoms with Crippen LogP contribution in [-0.2, 0) is 11.2 Å². The van der Waals surface area contributed by atoms with Gasteiger partial charge in [-0.3, -0.25) is 4.79 Å². The van der Waals surface area contributed by atoms with Gasteiger partial charge in [-0.25, -0.2) is 0 Å². The first-order valence-corrected chi connectivity index (χ1v) is 5.28. The summed E-state index contributed by atoms with van der Waals surface area (Å²) in [5, 5.41) is 0. The number of Topliss-reactive ketones (excluding diaryl/α,β-unsaturated/α-hetero) is 1. The number of benzene rings is 1. The standard InChI is InChI=1S/C10H13NOS/c1-7(12)6-8-4-3-5-9(11)10(8)13-2/h3-5H,6,11H2,1-2H3. The maximum absolute atomic E-state index is 10.9. The third-order valence-corrected chi connectivity index (χ3v) is 2.68. The van der Waals surface area contributed by atoms with Crippen molar-refractivity contribution < 1.29 is 4.79 Å². The molecule has 0 unspecified atom stereocenters. The minimum absolute atomic E-state index is 0.168. The normalized spacial score (nSPS) is 10.0. The molecule has 2 nitrogen and oxygen atoms in total. The van der Waals surface area contributed by atoms with Crippen molar-refractivity contribution in [2.24, 2.45) is 0 Å². The maximum atomic E-state index is 10.9. The van der Waals surface area contributed by atoms with Crippen molar-refractivity contribution >= 4 is 23.2 Å². The van der Waals surface area contributed by atoms with E-state index in [0.29, 0.717) is 6.42 Å². The number of carbonyl (C=O) groups excluding carboxylic acids is 1. The quantitative estimate of drug-likeness (QED) is 0.593. The molecule has 0 saturated carbocycles. The molecule has 70 valence electrons. The van der Waals surface area contributed by atoms with Gasteiger partial charge in [0.2, 0.25) is 0 Å². The number of anilines is 1. The lowest BCUT2D eigenvalue weighted by Gasteiger charge is -2.07. The summed E-state index contributed by atoms with van der Waals surface area (Å²) in [6, 6.07) is 5.69. The molecule has 0 aliphatic carbocycles. The summed E-state index contributed by atoms with van der Waals surface area (Å²) in [6.07, 6.45) is 2.44. The van der Waals surface area contributed by atoms with Crippen LogP contribution in [0.2, 0.25) is 0 Å². The largest absolute Gasteiger partial charge is 0.398 e. The Kier molecular flexibility index (Phi) is 3.37. The van der Waals surface area contributed by atoms with E-state index < -0.39 is 0 Å². The van der Waals surface area contributed by atoms with Gasteiger partial charge >= 0.3 is 0 Å². The van der Waals surface area contributed by atoms with Crippen molar-refractivity contribution in [2.75, 3.05) is 12.0 Å². The number of nitrogens with two attached hydrogens (primary N) is 1. The molecule has 0 spiro atoms. The lowest BCUT2D eigenvalue weighted by atomic mass is 10.1. The van der Waals surface area contributed by atoms with Gasteiger partial charge in [0, 0.05) is 17.0 Å². The van der Waals surface area contributed by atoms with Crippen LogP contribution in [0.15, 0.2) is 23.1 Å². The minimum Gasteiger partial charge on any atom is -0.398 e. The molecule has 3 heteroatoms. The summed E-state index contributed by atoms with van der Waals surface area (Å²) in [7, 11) is 0. The Labute approximate surface area is 82.5 Å². The Morgan fingerprint density at radius 2 is 2.23 bits per heavy atom. The third kappa shape index (κ3) is 2.49. The Bertz CT molecular complexity index is 323. The number of ketones is 1. The van der Waals surface area contributed by atoms with Crippen molar-refractivity contribution in [1.82, 2.24) is 0 Å². The lowest BCUT2D eigenvalue weighted by molar-refractivity contribution is -0.116. The first kappa shape index (κ1) is 10.1. The van der Waals surface area contributed by atoms with Gasteiger partial charge < -0.3 is 5.73 Å². The predicted octanol–water partition coefficient (Wildman–Crippen LogP) is 2.12. The highest BCUT2D eigenvalue weighted by Gasteiger charge is 2.06. The molecule has 0 fully saturated rings. The van der Waals surface area contributed by atoms with E-state index in [0.717, 1.165) is 16.1 Å². The zero-order valence-corrected chi connectivity index (χ0v) is 8.65. The molecule has 0 heterocycles. The highest BCUT2D eigenvalue weighted by molar-refractivity contribution is 7.98.